The number of hydrogen-bond acceptors (Lipinski definition) is 5. The van der Waals surface area contributed by atoms with Crippen molar-refractivity contribution in [2.75, 3.05) is 32.3 Å². The van der Waals surface area contributed by atoms with Gasteiger partial charge in [-0.25, -0.2) is 8.42 Å². The Bertz CT molecular complexity index is 866. The SMILES string of the molecule is COc1ccc(CN(CCC(=O)Nc2cccc(OC)c2)S(C)(=O)=O)cc1. The van der Waals surface area contributed by atoms with E-state index >= 15 is 0 Å². The number of nitrogens with one attached hydrogen (secondary N) is 1. The zero-order chi connectivity index (χ0) is 19.9. The lowest BCUT2D eigenvalue weighted by molar-refractivity contribution is -0.116. The molecule has 2 aromatic rings. The molecule has 0 bridgehead atoms. The Labute approximate surface area is 160 Å². The van der Waals surface area contributed by atoms with Crippen molar-refractivity contribution in [3.63, 3.8) is 0 Å². The van der Waals surface area contributed by atoms with Crippen LogP contribution in [0.2, 0.25) is 0 Å². The van der Waals surface area contributed by atoms with E-state index in [0.29, 0.717) is 17.2 Å². The Morgan fingerprint density at radius 3 is 2.30 bits per heavy atom. The number of benzene rings is 2. The van der Waals surface area contributed by atoms with E-state index in [1.54, 1.807) is 62.8 Å². The molecule has 0 radical (unpaired) electrons. The van der Waals surface area contributed by atoms with Gasteiger partial charge in [0.1, 0.15) is 11.5 Å². The van der Waals surface area contributed by atoms with E-state index in [4.69, 9.17) is 9.47 Å². The first kappa shape index (κ1) is 20.7. The molecule has 0 spiro atoms. The van der Waals surface area contributed by atoms with Gasteiger partial charge < -0.3 is 14.8 Å². The lowest BCUT2D eigenvalue weighted by atomic mass is 10.2. The Hall–Kier alpha value is -2.58. The smallest absolute Gasteiger partial charge is 0.225 e. The average molecular weight is 392 g/mol. The molecule has 0 fully saturated rings. The van der Waals surface area contributed by atoms with Gasteiger partial charge in [0.2, 0.25) is 15.9 Å². The molecule has 1 N–H and O–H groups in total. The Morgan fingerprint density at radius 1 is 1.04 bits per heavy atom. The molecule has 2 rings (SSSR count). The van der Waals surface area contributed by atoms with Gasteiger partial charge in [-0.1, -0.05) is 18.2 Å². The van der Waals surface area contributed by atoms with Gasteiger partial charge in [-0.3, -0.25) is 4.79 Å². The van der Waals surface area contributed by atoms with Gasteiger partial charge in [0.05, 0.1) is 20.5 Å². The zero-order valence-electron chi connectivity index (χ0n) is 15.6. The quantitative estimate of drug-likeness (QED) is 0.709. The second kappa shape index (κ2) is 9.38. The second-order valence-corrected chi connectivity index (χ2v) is 7.96. The number of rotatable bonds is 9. The van der Waals surface area contributed by atoms with E-state index in [0.717, 1.165) is 11.8 Å². The highest BCUT2D eigenvalue weighted by Gasteiger charge is 2.18. The molecule has 27 heavy (non-hydrogen) atoms. The van der Waals surface area contributed by atoms with Gasteiger partial charge in [0.15, 0.2) is 0 Å². The van der Waals surface area contributed by atoms with Crippen LogP contribution in [0.5, 0.6) is 11.5 Å². The minimum Gasteiger partial charge on any atom is -0.497 e. The highest BCUT2D eigenvalue weighted by atomic mass is 32.2. The van der Waals surface area contributed by atoms with Crippen LogP contribution in [0.15, 0.2) is 48.5 Å². The highest BCUT2D eigenvalue weighted by Crippen LogP contribution is 2.18. The fraction of sp³-hybridized carbons (Fsp3) is 0.316. The molecule has 0 heterocycles. The molecular weight excluding hydrogens is 368 g/mol. The molecule has 7 nitrogen and oxygen atoms in total. The van der Waals surface area contributed by atoms with E-state index in [9.17, 15) is 13.2 Å². The number of carbonyl (C=O) groups is 1. The third-order valence-corrected chi connectivity index (χ3v) is 5.18. The van der Waals surface area contributed by atoms with E-state index in [2.05, 4.69) is 5.32 Å². The molecule has 0 unspecified atom stereocenters. The molecule has 0 aliphatic carbocycles. The van der Waals surface area contributed by atoms with Crippen LogP contribution in [0.25, 0.3) is 0 Å². The summed E-state index contributed by atoms with van der Waals surface area (Å²) in [5.41, 5.74) is 1.41. The summed E-state index contributed by atoms with van der Waals surface area (Å²) < 4.78 is 35.6. The summed E-state index contributed by atoms with van der Waals surface area (Å²) >= 11 is 0. The van der Waals surface area contributed by atoms with Crippen molar-refractivity contribution in [2.24, 2.45) is 0 Å². The van der Waals surface area contributed by atoms with Gasteiger partial charge in [0, 0.05) is 31.3 Å². The first-order valence-corrected chi connectivity index (χ1v) is 10.2. The van der Waals surface area contributed by atoms with Gasteiger partial charge in [0.25, 0.3) is 0 Å². The summed E-state index contributed by atoms with van der Waals surface area (Å²) in [4.78, 5) is 12.2. The average Bonchev–Trinajstić information content (AvgIpc) is 2.64. The summed E-state index contributed by atoms with van der Waals surface area (Å²) in [6, 6.07) is 14.1. The molecule has 0 saturated heterocycles. The topological polar surface area (TPSA) is 84.9 Å². The van der Waals surface area contributed by atoms with Crippen molar-refractivity contribution >= 4 is 21.6 Å². The Balaban J connectivity index is 1.98. The summed E-state index contributed by atoms with van der Waals surface area (Å²) in [6.07, 6.45) is 1.18. The molecule has 146 valence electrons. The van der Waals surface area contributed by atoms with Crippen molar-refractivity contribution in [3.05, 3.63) is 54.1 Å². The van der Waals surface area contributed by atoms with Crippen molar-refractivity contribution in [1.82, 2.24) is 4.31 Å². The van der Waals surface area contributed by atoms with Crippen molar-refractivity contribution < 1.29 is 22.7 Å². The van der Waals surface area contributed by atoms with E-state index in [1.165, 1.54) is 4.31 Å². The number of ether oxygens (including phenoxy) is 2. The predicted molar refractivity (Wildman–Crippen MR) is 104 cm³/mol. The first-order valence-electron chi connectivity index (χ1n) is 8.34. The molecule has 0 aliphatic rings. The number of nitrogens with zero attached hydrogens (tertiary/aromatic N) is 1. The molecule has 0 saturated carbocycles. The summed E-state index contributed by atoms with van der Waals surface area (Å²) in [5, 5.41) is 2.75. The lowest BCUT2D eigenvalue weighted by Gasteiger charge is -2.20. The van der Waals surface area contributed by atoms with Crippen LogP contribution in [0.3, 0.4) is 0 Å². The molecular formula is C19H24N2O5S. The summed E-state index contributed by atoms with van der Waals surface area (Å²) in [7, 11) is -0.342. The molecule has 1 amide bonds. The number of methoxy groups -OCH3 is 2. The molecule has 0 aliphatic heterocycles. The largest absolute Gasteiger partial charge is 0.497 e. The van der Waals surface area contributed by atoms with Crippen molar-refractivity contribution in [1.29, 1.82) is 0 Å². The van der Waals surface area contributed by atoms with Gasteiger partial charge in [-0.05, 0) is 29.8 Å². The minimum atomic E-state index is -3.46. The molecule has 0 aromatic heterocycles. The number of anilines is 1. The number of amides is 1. The predicted octanol–water partition coefficient (Wildman–Crippen LogP) is 2.49. The Kier molecular flexibility index (Phi) is 7.20. The Morgan fingerprint density at radius 2 is 1.70 bits per heavy atom. The van der Waals surface area contributed by atoms with Crippen LogP contribution in [-0.4, -0.2) is 45.7 Å². The van der Waals surface area contributed by atoms with E-state index in [-0.39, 0.29) is 25.4 Å². The second-order valence-electron chi connectivity index (χ2n) is 5.97. The number of carbonyl (C=O) groups excluding carboxylic acids is 1. The molecule has 0 atom stereocenters. The number of hydrogen-bond donors (Lipinski definition) is 1. The van der Waals surface area contributed by atoms with Crippen molar-refractivity contribution in [2.45, 2.75) is 13.0 Å². The van der Waals surface area contributed by atoms with Gasteiger partial charge >= 0.3 is 0 Å². The highest BCUT2D eigenvalue weighted by molar-refractivity contribution is 7.88. The fourth-order valence-electron chi connectivity index (χ4n) is 2.45. The van der Waals surface area contributed by atoms with Crippen LogP contribution in [-0.2, 0) is 21.4 Å². The van der Waals surface area contributed by atoms with E-state index < -0.39 is 10.0 Å². The van der Waals surface area contributed by atoms with Crippen LogP contribution >= 0.6 is 0 Å². The first-order chi connectivity index (χ1) is 12.8. The maximum Gasteiger partial charge on any atom is 0.225 e. The summed E-state index contributed by atoms with van der Waals surface area (Å²) in [6.45, 7) is 0.274. The monoisotopic (exact) mass is 392 g/mol. The maximum absolute atomic E-state index is 12.2. The molecule has 2 aromatic carbocycles. The normalized spacial score (nSPS) is 11.3. The van der Waals surface area contributed by atoms with Crippen LogP contribution in [0.1, 0.15) is 12.0 Å². The maximum atomic E-state index is 12.2. The minimum absolute atomic E-state index is 0.0421. The summed E-state index contributed by atoms with van der Waals surface area (Å²) in [5.74, 6) is 1.05. The third kappa shape index (κ3) is 6.58. The zero-order valence-corrected chi connectivity index (χ0v) is 16.5. The lowest BCUT2D eigenvalue weighted by Crippen LogP contribution is -2.32. The van der Waals surface area contributed by atoms with Gasteiger partial charge in [-0.2, -0.15) is 4.31 Å². The van der Waals surface area contributed by atoms with Crippen molar-refractivity contribution in [3.8, 4) is 11.5 Å². The van der Waals surface area contributed by atoms with Crippen LogP contribution in [0, 0.1) is 0 Å². The fourth-order valence-corrected chi connectivity index (χ4v) is 3.25. The standard InChI is InChI=1S/C19H24N2O5S/c1-25-17-9-7-15(8-10-17)14-21(27(3,23)24)12-11-19(22)20-16-5-4-6-18(13-16)26-2/h4-10,13H,11-12,14H2,1-3H3,(H,20,22). The third-order valence-electron chi connectivity index (χ3n) is 3.93. The van der Waals surface area contributed by atoms with Gasteiger partial charge in [-0.15, -0.1) is 0 Å². The van der Waals surface area contributed by atoms with E-state index in [1.807, 2.05) is 0 Å². The molecule has 8 heteroatoms. The van der Waals surface area contributed by atoms with Crippen LogP contribution in [0.4, 0.5) is 5.69 Å². The van der Waals surface area contributed by atoms with Crippen LogP contribution < -0.4 is 14.8 Å². The number of sulfonamides is 1.